The summed E-state index contributed by atoms with van der Waals surface area (Å²) in [6, 6.07) is 0. The molecule has 1 aromatic rings. The van der Waals surface area contributed by atoms with E-state index in [1.54, 1.807) is 0 Å². The molecule has 0 bridgehead atoms. The molecule has 1 saturated heterocycles. The van der Waals surface area contributed by atoms with E-state index in [0.717, 1.165) is 43.3 Å². The Morgan fingerprint density at radius 1 is 1.30 bits per heavy atom. The number of nitrogens with zero attached hydrogens (tertiary/aromatic N) is 3. The standard InChI is InChI=1S/C17H27N5O/c1-11(2)15-20-14-13(4-7-18-17(14)23)16(21-15)19-10-12-5-8-22(3)9-6-12/h11-12H,4-10H2,1-3H3,(H,18,23)(H,19,20,21). The van der Waals surface area contributed by atoms with Gasteiger partial charge in [0.25, 0.3) is 5.91 Å². The molecule has 126 valence electrons. The van der Waals surface area contributed by atoms with Gasteiger partial charge in [-0.1, -0.05) is 13.8 Å². The Bertz CT molecular complexity index is 579. The molecular weight excluding hydrogens is 290 g/mol. The maximum atomic E-state index is 12.1. The minimum atomic E-state index is -0.0714. The van der Waals surface area contributed by atoms with Crippen LogP contribution in [0.25, 0.3) is 0 Å². The third-order valence-electron chi connectivity index (χ3n) is 4.81. The van der Waals surface area contributed by atoms with Crippen LogP contribution in [-0.2, 0) is 6.42 Å². The van der Waals surface area contributed by atoms with Gasteiger partial charge in [0.1, 0.15) is 17.3 Å². The number of carbonyl (C=O) groups is 1. The van der Waals surface area contributed by atoms with Crippen LogP contribution in [0.5, 0.6) is 0 Å². The molecular formula is C17H27N5O. The Kier molecular flexibility index (Phi) is 4.80. The van der Waals surface area contributed by atoms with E-state index in [-0.39, 0.29) is 11.8 Å². The summed E-state index contributed by atoms with van der Waals surface area (Å²) < 4.78 is 0. The molecule has 0 aliphatic carbocycles. The van der Waals surface area contributed by atoms with E-state index in [1.165, 1.54) is 12.8 Å². The minimum Gasteiger partial charge on any atom is -0.369 e. The van der Waals surface area contributed by atoms with Gasteiger partial charge >= 0.3 is 0 Å². The van der Waals surface area contributed by atoms with Gasteiger partial charge in [0.2, 0.25) is 0 Å². The Morgan fingerprint density at radius 2 is 2.04 bits per heavy atom. The second kappa shape index (κ2) is 6.83. The summed E-state index contributed by atoms with van der Waals surface area (Å²) in [7, 11) is 2.18. The topological polar surface area (TPSA) is 70.2 Å². The Morgan fingerprint density at radius 3 is 2.74 bits per heavy atom. The smallest absolute Gasteiger partial charge is 0.270 e. The van der Waals surface area contributed by atoms with Crippen molar-refractivity contribution in [3.63, 3.8) is 0 Å². The number of fused-ring (bicyclic) bond motifs is 1. The molecule has 0 aromatic carbocycles. The first-order valence-corrected chi connectivity index (χ1v) is 8.66. The van der Waals surface area contributed by atoms with Crippen molar-refractivity contribution in [1.29, 1.82) is 0 Å². The lowest BCUT2D eigenvalue weighted by atomic mass is 9.97. The molecule has 2 aliphatic rings. The van der Waals surface area contributed by atoms with Crippen LogP contribution in [0.4, 0.5) is 5.82 Å². The highest BCUT2D eigenvalue weighted by atomic mass is 16.1. The zero-order valence-electron chi connectivity index (χ0n) is 14.4. The van der Waals surface area contributed by atoms with Crippen molar-refractivity contribution < 1.29 is 4.79 Å². The lowest BCUT2D eigenvalue weighted by molar-refractivity contribution is 0.0940. The Labute approximate surface area is 138 Å². The van der Waals surface area contributed by atoms with Gasteiger partial charge in [0.05, 0.1) is 0 Å². The van der Waals surface area contributed by atoms with Crippen molar-refractivity contribution in [2.45, 2.75) is 39.0 Å². The van der Waals surface area contributed by atoms with Crippen LogP contribution < -0.4 is 10.6 Å². The van der Waals surface area contributed by atoms with Crippen LogP contribution in [-0.4, -0.2) is 54.0 Å². The van der Waals surface area contributed by atoms with Crippen LogP contribution in [0.15, 0.2) is 0 Å². The molecule has 2 aliphatic heterocycles. The SMILES string of the molecule is CC(C)c1nc(NCC2CCN(C)CC2)c2c(n1)C(=O)NCC2. The number of hydrogen-bond acceptors (Lipinski definition) is 5. The molecule has 2 N–H and O–H groups in total. The molecule has 3 rings (SSSR count). The van der Waals surface area contributed by atoms with Crippen molar-refractivity contribution in [1.82, 2.24) is 20.2 Å². The molecule has 0 saturated carbocycles. The second-order valence-corrected chi connectivity index (χ2v) is 7.05. The summed E-state index contributed by atoms with van der Waals surface area (Å²) in [5, 5.41) is 6.40. The van der Waals surface area contributed by atoms with Gasteiger partial charge in [0.15, 0.2) is 0 Å². The number of carbonyl (C=O) groups excluding carboxylic acids is 1. The third-order valence-corrected chi connectivity index (χ3v) is 4.81. The molecule has 1 fully saturated rings. The van der Waals surface area contributed by atoms with E-state index in [1.807, 2.05) is 0 Å². The average Bonchev–Trinajstić information content (AvgIpc) is 2.54. The van der Waals surface area contributed by atoms with Crippen molar-refractivity contribution in [2.75, 3.05) is 38.5 Å². The van der Waals surface area contributed by atoms with Crippen molar-refractivity contribution in [3.8, 4) is 0 Å². The summed E-state index contributed by atoms with van der Waals surface area (Å²) in [5.74, 6) is 2.42. The maximum Gasteiger partial charge on any atom is 0.270 e. The fourth-order valence-electron chi connectivity index (χ4n) is 3.22. The van der Waals surface area contributed by atoms with Crippen molar-refractivity contribution >= 4 is 11.7 Å². The fraction of sp³-hybridized carbons (Fsp3) is 0.706. The van der Waals surface area contributed by atoms with Gasteiger partial charge < -0.3 is 15.5 Å². The van der Waals surface area contributed by atoms with Crippen LogP contribution in [0, 0.1) is 5.92 Å². The predicted octanol–water partition coefficient (Wildman–Crippen LogP) is 1.64. The largest absolute Gasteiger partial charge is 0.369 e. The van der Waals surface area contributed by atoms with Crippen LogP contribution >= 0.6 is 0 Å². The maximum absolute atomic E-state index is 12.1. The van der Waals surface area contributed by atoms with E-state index in [4.69, 9.17) is 4.98 Å². The van der Waals surface area contributed by atoms with Gasteiger partial charge in [-0.05, 0) is 45.3 Å². The van der Waals surface area contributed by atoms with Gasteiger partial charge in [0, 0.05) is 24.6 Å². The molecule has 1 amide bonds. The van der Waals surface area contributed by atoms with E-state index in [0.29, 0.717) is 18.2 Å². The molecule has 1 aromatic heterocycles. The van der Waals surface area contributed by atoms with E-state index >= 15 is 0 Å². The number of nitrogens with one attached hydrogen (secondary N) is 2. The van der Waals surface area contributed by atoms with E-state index in [2.05, 4.69) is 41.4 Å². The molecule has 6 heteroatoms. The Balaban J connectivity index is 1.78. The number of piperidine rings is 1. The highest BCUT2D eigenvalue weighted by molar-refractivity contribution is 5.96. The molecule has 0 unspecified atom stereocenters. The summed E-state index contributed by atoms with van der Waals surface area (Å²) >= 11 is 0. The first-order chi connectivity index (χ1) is 11.0. The number of hydrogen-bond donors (Lipinski definition) is 2. The molecule has 0 spiro atoms. The monoisotopic (exact) mass is 317 g/mol. The molecule has 6 nitrogen and oxygen atoms in total. The van der Waals surface area contributed by atoms with E-state index < -0.39 is 0 Å². The number of anilines is 1. The van der Waals surface area contributed by atoms with E-state index in [9.17, 15) is 4.79 Å². The highest BCUT2D eigenvalue weighted by Crippen LogP contribution is 2.24. The molecule has 0 radical (unpaired) electrons. The number of likely N-dealkylation sites (tertiary alicyclic amines) is 1. The quantitative estimate of drug-likeness (QED) is 0.883. The van der Waals surface area contributed by atoms with Gasteiger partial charge in [-0.25, -0.2) is 9.97 Å². The summed E-state index contributed by atoms with van der Waals surface area (Å²) in [4.78, 5) is 23.7. The molecule has 23 heavy (non-hydrogen) atoms. The zero-order chi connectivity index (χ0) is 16.4. The van der Waals surface area contributed by atoms with Gasteiger partial charge in [-0.15, -0.1) is 0 Å². The van der Waals surface area contributed by atoms with Crippen LogP contribution in [0.2, 0.25) is 0 Å². The summed E-state index contributed by atoms with van der Waals surface area (Å²) in [6.07, 6.45) is 3.23. The first-order valence-electron chi connectivity index (χ1n) is 8.66. The zero-order valence-corrected chi connectivity index (χ0v) is 14.4. The number of amides is 1. The van der Waals surface area contributed by atoms with Crippen molar-refractivity contribution in [2.24, 2.45) is 5.92 Å². The van der Waals surface area contributed by atoms with Crippen molar-refractivity contribution in [3.05, 3.63) is 17.1 Å². The third kappa shape index (κ3) is 3.63. The summed E-state index contributed by atoms with van der Waals surface area (Å²) in [6.45, 7) is 8.03. The first kappa shape index (κ1) is 16.2. The Hall–Kier alpha value is -1.69. The lowest BCUT2D eigenvalue weighted by Gasteiger charge is -2.29. The van der Waals surface area contributed by atoms with Gasteiger partial charge in [-0.3, -0.25) is 4.79 Å². The number of aromatic nitrogens is 2. The summed E-state index contributed by atoms with van der Waals surface area (Å²) in [5.41, 5.74) is 1.53. The normalized spacial score (nSPS) is 19.6. The lowest BCUT2D eigenvalue weighted by Crippen LogP contribution is -2.35. The minimum absolute atomic E-state index is 0.0714. The number of rotatable bonds is 4. The highest BCUT2D eigenvalue weighted by Gasteiger charge is 2.25. The second-order valence-electron chi connectivity index (χ2n) is 7.05. The molecule has 0 atom stereocenters. The van der Waals surface area contributed by atoms with Gasteiger partial charge in [-0.2, -0.15) is 0 Å². The van der Waals surface area contributed by atoms with Crippen LogP contribution in [0.1, 0.15) is 54.5 Å². The fourth-order valence-corrected chi connectivity index (χ4v) is 3.22. The molecule has 3 heterocycles. The average molecular weight is 317 g/mol. The van der Waals surface area contributed by atoms with Crippen LogP contribution in [0.3, 0.4) is 0 Å². The predicted molar refractivity (Wildman–Crippen MR) is 90.9 cm³/mol.